The molecule has 0 spiro atoms. The average Bonchev–Trinajstić information content (AvgIpc) is 3.43. The van der Waals surface area contributed by atoms with Crippen LogP contribution in [0, 0.1) is 11.8 Å². The van der Waals surface area contributed by atoms with Gasteiger partial charge in [0.2, 0.25) is 11.8 Å². The molecule has 7 heteroatoms. The number of aromatic nitrogens is 2. The molecule has 5 rings (SSSR count). The predicted octanol–water partition coefficient (Wildman–Crippen LogP) is 5.01. The van der Waals surface area contributed by atoms with Crippen LogP contribution in [0.25, 0.3) is 22.5 Å². The van der Waals surface area contributed by atoms with E-state index in [1.165, 1.54) is 0 Å². The minimum absolute atomic E-state index is 0.0181. The number of nitrogens with one attached hydrogen (secondary N) is 2. The Morgan fingerprint density at radius 3 is 2.13 bits per heavy atom. The molecule has 1 aliphatic rings. The van der Waals surface area contributed by atoms with Crippen LogP contribution in [0.3, 0.4) is 0 Å². The normalized spacial score (nSPS) is 17.9. The molecule has 4 aromatic rings. The number of amides is 2. The highest BCUT2D eigenvalue weighted by atomic mass is 16.2. The van der Waals surface area contributed by atoms with Gasteiger partial charge in [0.1, 0.15) is 5.82 Å². The highest BCUT2D eigenvalue weighted by Gasteiger charge is 2.29. The van der Waals surface area contributed by atoms with Crippen molar-refractivity contribution in [2.45, 2.75) is 38.1 Å². The lowest BCUT2D eigenvalue weighted by Gasteiger charge is -2.28. The number of benzene rings is 3. The number of hydrogen-bond donors (Lipinski definition) is 4. The first kappa shape index (κ1) is 26.4. The number of carbonyl (C=O) groups excluding carboxylic acids is 2. The lowest BCUT2D eigenvalue weighted by Crippen LogP contribution is -2.37. The molecule has 1 aliphatic carbocycles. The summed E-state index contributed by atoms with van der Waals surface area (Å²) in [5.74, 6) is 0.778. The lowest BCUT2D eigenvalue weighted by molar-refractivity contribution is -0.127. The molecule has 0 radical (unpaired) electrons. The minimum Gasteiger partial charge on any atom is -0.366 e. The molecule has 6 N–H and O–H groups in total. The monoisotopic (exact) mass is 521 g/mol. The molecular weight excluding hydrogens is 486 g/mol. The molecule has 1 aromatic heterocycles. The van der Waals surface area contributed by atoms with Gasteiger partial charge in [-0.1, -0.05) is 72.8 Å². The molecule has 1 fully saturated rings. The Labute approximate surface area is 229 Å². The van der Waals surface area contributed by atoms with Crippen molar-refractivity contribution >= 4 is 11.8 Å². The van der Waals surface area contributed by atoms with Crippen molar-refractivity contribution in [2.75, 3.05) is 6.54 Å². The molecule has 0 saturated heterocycles. The van der Waals surface area contributed by atoms with Crippen molar-refractivity contribution in [2.24, 2.45) is 23.3 Å². The van der Waals surface area contributed by atoms with Crippen LogP contribution in [0.1, 0.15) is 53.5 Å². The quantitative estimate of drug-likeness (QED) is 0.247. The Morgan fingerprint density at radius 2 is 1.51 bits per heavy atom. The third kappa shape index (κ3) is 6.26. The lowest BCUT2D eigenvalue weighted by atomic mass is 9.81. The number of nitrogens with two attached hydrogens (primary N) is 2. The number of H-pyrrole nitrogens is 1. The fourth-order valence-corrected chi connectivity index (χ4v) is 5.39. The van der Waals surface area contributed by atoms with E-state index in [4.69, 9.17) is 16.5 Å². The smallest absolute Gasteiger partial charge is 0.248 e. The van der Waals surface area contributed by atoms with Crippen LogP contribution in [-0.4, -0.2) is 28.3 Å². The Kier molecular flexibility index (Phi) is 8.18. The fraction of sp³-hybridized carbons (Fsp3) is 0.281. The van der Waals surface area contributed by atoms with E-state index in [0.717, 1.165) is 53.8 Å². The molecule has 2 amide bonds. The number of hydrogen-bond acceptors (Lipinski definition) is 4. The Hall–Kier alpha value is -4.23. The Balaban J connectivity index is 1.50. The van der Waals surface area contributed by atoms with Crippen molar-refractivity contribution in [1.29, 1.82) is 0 Å². The molecule has 1 saturated carbocycles. The molecule has 1 atom stereocenters. The summed E-state index contributed by atoms with van der Waals surface area (Å²) in [4.78, 5) is 33.7. The third-order valence-electron chi connectivity index (χ3n) is 7.71. The van der Waals surface area contributed by atoms with Gasteiger partial charge in [-0.15, -0.1) is 0 Å². The highest BCUT2D eigenvalue weighted by molar-refractivity contribution is 5.93. The van der Waals surface area contributed by atoms with Gasteiger partial charge in [-0.2, -0.15) is 0 Å². The molecule has 1 unspecified atom stereocenters. The zero-order valence-corrected chi connectivity index (χ0v) is 22.0. The van der Waals surface area contributed by atoms with E-state index in [-0.39, 0.29) is 17.9 Å². The van der Waals surface area contributed by atoms with Crippen LogP contribution in [-0.2, 0) is 11.2 Å². The van der Waals surface area contributed by atoms with Gasteiger partial charge >= 0.3 is 0 Å². The number of carbonyl (C=O) groups is 2. The predicted molar refractivity (Wildman–Crippen MR) is 154 cm³/mol. The van der Waals surface area contributed by atoms with E-state index in [0.29, 0.717) is 30.3 Å². The van der Waals surface area contributed by atoms with Gasteiger partial charge in [0, 0.05) is 22.6 Å². The van der Waals surface area contributed by atoms with Crippen LogP contribution in [0.5, 0.6) is 0 Å². The molecule has 0 aliphatic heterocycles. The van der Waals surface area contributed by atoms with E-state index < -0.39 is 5.91 Å². The van der Waals surface area contributed by atoms with Gasteiger partial charge in [-0.25, -0.2) is 4.98 Å². The van der Waals surface area contributed by atoms with E-state index in [2.05, 4.69) is 22.4 Å². The van der Waals surface area contributed by atoms with E-state index in [1.807, 2.05) is 60.7 Å². The van der Waals surface area contributed by atoms with Gasteiger partial charge in [0.05, 0.1) is 17.4 Å². The summed E-state index contributed by atoms with van der Waals surface area (Å²) >= 11 is 0. The van der Waals surface area contributed by atoms with Gasteiger partial charge in [-0.3, -0.25) is 9.59 Å². The molecule has 39 heavy (non-hydrogen) atoms. The summed E-state index contributed by atoms with van der Waals surface area (Å²) in [6.45, 7) is 0.683. The molecule has 200 valence electrons. The third-order valence-corrected chi connectivity index (χ3v) is 7.71. The van der Waals surface area contributed by atoms with Crippen LogP contribution < -0.4 is 16.8 Å². The largest absolute Gasteiger partial charge is 0.366 e. The Bertz CT molecular complexity index is 1390. The topological polar surface area (TPSA) is 127 Å². The number of nitrogens with zero attached hydrogens (tertiary/aromatic N) is 1. The number of imidazole rings is 1. The first-order chi connectivity index (χ1) is 19.0. The fourth-order valence-electron chi connectivity index (χ4n) is 5.39. The summed E-state index contributed by atoms with van der Waals surface area (Å²) in [6.07, 6.45) is 4.30. The second kappa shape index (κ2) is 12.1. The van der Waals surface area contributed by atoms with E-state index >= 15 is 0 Å². The SMILES string of the molecule is NCC1CCC(C(=O)NC(Cc2ccccc2)c2nc(-c3ccccc3)c(-c3ccc(C(N)=O)cc3)[nH]2)CC1. The van der Waals surface area contributed by atoms with Crippen molar-refractivity contribution in [1.82, 2.24) is 15.3 Å². The first-order valence-corrected chi connectivity index (χ1v) is 13.6. The first-order valence-electron chi connectivity index (χ1n) is 13.6. The van der Waals surface area contributed by atoms with Crippen molar-refractivity contribution in [3.8, 4) is 22.5 Å². The second-order valence-electron chi connectivity index (χ2n) is 10.4. The standard InChI is InChI=1S/C32H35N5O2/c33-20-22-11-13-26(14-12-22)32(39)35-27(19-21-7-3-1-4-8-21)31-36-28(23-9-5-2-6-10-23)29(37-31)24-15-17-25(18-16-24)30(34)38/h1-10,15-18,22,26-27H,11-14,19-20,33H2,(H2,34,38)(H,35,39)(H,36,37). The second-order valence-corrected chi connectivity index (χ2v) is 10.4. The van der Waals surface area contributed by atoms with Crippen molar-refractivity contribution < 1.29 is 9.59 Å². The number of rotatable bonds is 9. The van der Waals surface area contributed by atoms with Crippen LogP contribution in [0.4, 0.5) is 0 Å². The molecule has 3 aromatic carbocycles. The van der Waals surface area contributed by atoms with Gasteiger partial charge in [0.15, 0.2) is 0 Å². The molecule has 1 heterocycles. The van der Waals surface area contributed by atoms with Crippen LogP contribution in [0.15, 0.2) is 84.9 Å². The van der Waals surface area contributed by atoms with E-state index in [1.54, 1.807) is 12.1 Å². The summed E-state index contributed by atoms with van der Waals surface area (Å²) in [6, 6.07) is 26.9. The zero-order chi connectivity index (χ0) is 27.2. The van der Waals surface area contributed by atoms with E-state index in [9.17, 15) is 9.59 Å². The maximum absolute atomic E-state index is 13.5. The molecule has 0 bridgehead atoms. The summed E-state index contributed by atoms with van der Waals surface area (Å²) in [5, 5.41) is 3.33. The number of primary amides is 1. The van der Waals surface area contributed by atoms with Gasteiger partial charge in [0.25, 0.3) is 0 Å². The molecule has 7 nitrogen and oxygen atoms in total. The molecular formula is C32H35N5O2. The summed E-state index contributed by atoms with van der Waals surface area (Å²) in [7, 11) is 0. The van der Waals surface area contributed by atoms with Crippen LogP contribution >= 0.6 is 0 Å². The van der Waals surface area contributed by atoms with Crippen molar-refractivity contribution in [3.05, 3.63) is 102 Å². The van der Waals surface area contributed by atoms with Crippen molar-refractivity contribution in [3.63, 3.8) is 0 Å². The summed E-state index contributed by atoms with van der Waals surface area (Å²) < 4.78 is 0. The van der Waals surface area contributed by atoms with Crippen LogP contribution in [0.2, 0.25) is 0 Å². The average molecular weight is 522 g/mol. The van der Waals surface area contributed by atoms with Gasteiger partial charge in [-0.05, 0) is 62.3 Å². The summed E-state index contributed by atoms with van der Waals surface area (Å²) in [5.41, 5.74) is 16.3. The number of aromatic amines is 1. The maximum atomic E-state index is 13.5. The minimum atomic E-state index is -0.471. The van der Waals surface area contributed by atoms with Gasteiger partial charge < -0.3 is 21.8 Å². The highest BCUT2D eigenvalue weighted by Crippen LogP contribution is 2.33. The Morgan fingerprint density at radius 1 is 0.872 bits per heavy atom. The zero-order valence-electron chi connectivity index (χ0n) is 22.0. The maximum Gasteiger partial charge on any atom is 0.248 e.